The number of amides is 1. The van der Waals surface area contributed by atoms with Crippen LogP contribution in [0.4, 0.5) is 13.2 Å². The maximum atomic E-state index is 14.6. The Morgan fingerprint density at radius 1 is 1.13 bits per heavy atom. The number of alkyl halides is 3. The number of nitrogens with zero attached hydrogens (tertiary/aromatic N) is 4. The van der Waals surface area contributed by atoms with Gasteiger partial charge in [-0.25, -0.2) is 4.98 Å². The van der Waals surface area contributed by atoms with E-state index in [0.717, 1.165) is 19.0 Å². The number of piperidine rings is 1. The number of hydrogen-bond acceptors (Lipinski definition) is 4. The Morgan fingerprint density at radius 2 is 1.85 bits per heavy atom. The van der Waals surface area contributed by atoms with Gasteiger partial charge in [0.25, 0.3) is 0 Å². The van der Waals surface area contributed by atoms with Crippen molar-refractivity contribution in [1.82, 2.24) is 14.5 Å². The molecule has 5 rings (SSSR count). The lowest BCUT2D eigenvalue weighted by atomic mass is 9.87. The molecule has 0 atom stereocenters. The summed E-state index contributed by atoms with van der Waals surface area (Å²) in [5, 5.41) is 9.16. The minimum absolute atomic E-state index is 0.0387. The molecule has 1 aliphatic heterocycles. The summed E-state index contributed by atoms with van der Waals surface area (Å²) >= 11 is 0. The Hall–Kier alpha value is -3.67. The molecule has 1 amide bonds. The lowest BCUT2D eigenvalue weighted by molar-refractivity contribution is -0.137. The van der Waals surface area contributed by atoms with Crippen molar-refractivity contribution >= 4 is 22.7 Å². The molecule has 6 nitrogen and oxygen atoms in total. The lowest BCUT2D eigenvalue weighted by Crippen LogP contribution is -2.38. The van der Waals surface area contributed by atoms with Crippen LogP contribution in [0.2, 0.25) is 0 Å². The number of benzene rings is 1. The van der Waals surface area contributed by atoms with E-state index in [4.69, 9.17) is 5.26 Å². The van der Waals surface area contributed by atoms with Crippen molar-refractivity contribution in [3.63, 3.8) is 0 Å². The van der Waals surface area contributed by atoms with Crippen LogP contribution in [-0.2, 0) is 24.4 Å². The summed E-state index contributed by atoms with van der Waals surface area (Å²) in [5.41, 5.74) is 0.233. The van der Waals surface area contributed by atoms with Gasteiger partial charge in [-0.2, -0.15) is 18.4 Å². The number of nitriles is 1. The van der Waals surface area contributed by atoms with Gasteiger partial charge in [0.05, 0.1) is 17.2 Å². The highest BCUT2D eigenvalue weighted by Crippen LogP contribution is 2.43. The molecule has 2 aromatic heterocycles. The molecule has 3 heterocycles. The van der Waals surface area contributed by atoms with Gasteiger partial charge in [0.15, 0.2) is 5.78 Å². The predicted octanol–water partition coefficient (Wildman–Crippen LogP) is 6.18. The first-order valence-electron chi connectivity index (χ1n) is 13.5. The summed E-state index contributed by atoms with van der Waals surface area (Å²) < 4.78 is 45.5. The number of ketones is 1. The van der Waals surface area contributed by atoms with E-state index >= 15 is 0 Å². The maximum Gasteiger partial charge on any atom is 0.417 e. The van der Waals surface area contributed by atoms with Crippen LogP contribution in [0, 0.1) is 17.2 Å². The van der Waals surface area contributed by atoms with Gasteiger partial charge in [-0.05, 0) is 60.8 Å². The van der Waals surface area contributed by atoms with Gasteiger partial charge in [-0.1, -0.05) is 25.0 Å². The molecule has 0 spiro atoms. The van der Waals surface area contributed by atoms with Crippen molar-refractivity contribution in [2.24, 2.45) is 13.0 Å². The highest BCUT2D eigenvalue weighted by atomic mass is 19.4. The molecule has 3 aromatic rings. The summed E-state index contributed by atoms with van der Waals surface area (Å²) in [6.07, 6.45) is 3.96. The number of halogens is 3. The third-order valence-electron chi connectivity index (χ3n) is 8.27. The molecular weight excluding hydrogens is 505 g/mol. The number of fused-ring (bicyclic) bond motifs is 1. The summed E-state index contributed by atoms with van der Waals surface area (Å²) in [7, 11) is 1.68. The third kappa shape index (κ3) is 5.56. The molecule has 0 N–H and O–H groups in total. The number of aryl methyl sites for hydroxylation is 1. The molecule has 39 heavy (non-hydrogen) atoms. The minimum atomic E-state index is -4.70. The van der Waals surface area contributed by atoms with Gasteiger partial charge in [0.2, 0.25) is 5.91 Å². The van der Waals surface area contributed by atoms with E-state index in [1.165, 1.54) is 37.1 Å². The van der Waals surface area contributed by atoms with E-state index < -0.39 is 23.9 Å². The number of carbonyl (C=O) groups excluding carboxylic acids is 2. The monoisotopic (exact) mass is 536 g/mol. The average Bonchev–Trinajstić information content (AvgIpc) is 3.55. The van der Waals surface area contributed by atoms with Crippen LogP contribution < -0.4 is 0 Å². The summed E-state index contributed by atoms with van der Waals surface area (Å²) in [4.78, 5) is 32.0. The molecule has 0 unspecified atom stereocenters. The molecular formula is C30H31F3N4O2. The quantitative estimate of drug-likeness (QED) is 0.353. The normalized spacial score (nSPS) is 17.1. The van der Waals surface area contributed by atoms with E-state index in [-0.39, 0.29) is 39.5 Å². The van der Waals surface area contributed by atoms with E-state index in [2.05, 4.69) is 4.98 Å². The first-order valence-corrected chi connectivity index (χ1v) is 13.5. The zero-order valence-electron chi connectivity index (χ0n) is 21.9. The number of pyridine rings is 1. The van der Waals surface area contributed by atoms with Gasteiger partial charge in [0, 0.05) is 56.3 Å². The fourth-order valence-electron chi connectivity index (χ4n) is 6.25. The van der Waals surface area contributed by atoms with E-state index in [1.807, 2.05) is 11.0 Å². The molecule has 204 valence electrons. The van der Waals surface area contributed by atoms with Crippen LogP contribution >= 0.6 is 0 Å². The summed E-state index contributed by atoms with van der Waals surface area (Å²) in [6.45, 7) is 1.05. The zero-order chi connectivity index (χ0) is 27.7. The highest BCUT2D eigenvalue weighted by Gasteiger charge is 2.39. The van der Waals surface area contributed by atoms with Crippen molar-refractivity contribution in [3.05, 3.63) is 64.5 Å². The third-order valence-corrected chi connectivity index (χ3v) is 8.27. The Bertz CT molecular complexity index is 1440. The van der Waals surface area contributed by atoms with E-state index in [0.29, 0.717) is 43.8 Å². The number of rotatable bonds is 6. The van der Waals surface area contributed by atoms with Crippen molar-refractivity contribution in [3.8, 4) is 6.07 Å². The van der Waals surface area contributed by atoms with Gasteiger partial charge in [-0.3, -0.25) is 9.59 Å². The van der Waals surface area contributed by atoms with Gasteiger partial charge in [-0.15, -0.1) is 0 Å². The van der Waals surface area contributed by atoms with Gasteiger partial charge >= 0.3 is 6.18 Å². The average molecular weight is 537 g/mol. The summed E-state index contributed by atoms with van der Waals surface area (Å²) in [5.74, 6) is -0.0508. The van der Waals surface area contributed by atoms with Gasteiger partial charge in [0.1, 0.15) is 5.65 Å². The topological polar surface area (TPSA) is 79.0 Å². The molecule has 1 aromatic carbocycles. The molecule has 2 aliphatic rings. The molecule has 0 bridgehead atoms. The fourth-order valence-corrected chi connectivity index (χ4v) is 6.25. The van der Waals surface area contributed by atoms with Crippen LogP contribution in [0.15, 0.2) is 36.7 Å². The SMILES string of the molecule is Cn1cc(C2CCN(C(=O)CC3CCCC3)CC2)c2c(C(F)(F)F)c(CC(=O)c3cccc(C#N)c3)cnc21. The highest BCUT2D eigenvalue weighted by molar-refractivity contribution is 5.99. The second kappa shape index (κ2) is 10.8. The van der Waals surface area contributed by atoms with Crippen LogP contribution in [0.3, 0.4) is 0 Å². The molecule has 0 radical (unpaired) electrons. The maximum absolute atomic E-state index is 14.6. The largest absolute Gasteiger partial charge is 0.417 e. The van der Waals surface area contributed by atoms with Crippen LogP contribution in [-0.4, -0.2) is 39.2 Å². The number of hydrogen-bond donors (Lipinski definition) is 0. The Kier molecular flexibility index (Phi) is 7.48. The number of aromatic nitrogens is 2. The lowest BCUT2D eigenvalue weighted by Gasteiger charge is -2.33. The van der Waals surface area contributed by atoms with Crippen LogP contribution in [0.1, 0.15) is 83.5 Å². The zero-order valence-corrected chi connectivity index (χ0v) is 21.9. The molecule has 2 fully saturated rings. The van der Waals surface area contributed by atoms with Crippen molar-refractivity contribution in [2.75, 3.05) is 13.1 Å². The van der Waals surface area contributed by atoms with Gasteiger partial charge < -0.3 is 9.47 Å². The van der Waals surface area contributed by atoms with Crippen molar-refractivity contribution < 1.29 is 22.8 Å². The number of carbonyl (C=O) groups is 2. The van der Waals surface area contributed by atoms with E-state index in [1.54, 1.807) is 17.8 Å². The van der Waals surface area contributed by atoms with Crippen LogP contribution in [0.5, 0.6) is 0 Å². The summed E-state index contributed by atoms with van der Waals surface area (Å²) in [6, 6.07) is 7.91. The van der Waals surface area contributed by atoms with Crippen LogP contribution in [0.25, 0.3) is 11.0 Å². The molecule has 1 saturated heterocycles. The Labute approximate surface area is 225 Å². The standard InChI is InChI=1S/C30H31F3N4O2/c1-36-18-24(21-9-11-37(12-10-21)26(39)14-19-5-2-3-6-19)27-28(30(31,32)33)23(17-35-29(27)36)15-25(38)22-8-4-7-20(13-22)16-34/h4,7-8,13,17-19,21H,2-3,5-6,9-12,14-15H2,1H3. The van der Waals surface area contributed by atoms with E-state index in [9.17, 15) is 22.8 Å². The second-order valence-electron chi connectivity index (χ2n) is 10.9. The van der Waals surface area contributed by atoms with Crippen molar-refractivity contribution in [2.45, 2.75) is 63.5 Å². The fraction of sp³-hybridized carbons (Fsp3) is 0.467. The number of likely N-dealkylation sites (tertiary alicyclic amines) is 1. The molecule has 1 aliphatic carbocycles. The first-order chi connectivity index (χ1) is 18.7. The predicted molar refractivity (Wildman–Crippen MR) is 140 cm³/mol. The number of Topliss-reactive ketones (excluding diaryl/α,β-unsaturated/α-hetero) is 1. The molecule has 1 saturated carbocycles. The minimum Gasteiger partial charge on any atom is -0.343 e. The smallest absolute Gasteiger partial charge is 0.343 e. The first kappa shape index (κ1) is 26.9. The molecule has 9 heteroatoms. The second-order valence-corrected chi connectivity index (χ2v) is 10.9. The Balaban J connectivity index is 1.43. The Morgan fingerprint density at radius 3 is 2.51 bits per heavy atom. The van der Waals surface area contributed by atoms with Crippen molar-refractivity contribution in [1.29, 1.82) is 5.26 Å².